The summed E-state index contributed by atoms with van der Waals surface area (Å²) in [4.78, 5) is 23.0. The van der Waals surface area contributed by atoms with Gasteiger partial charge in [0.05, 0.1) is 29.3 Å². The number of nitrogens with zero attached hydrogens (tertiary/aromatic N) is 3. The molecule has 3 aromatic rings. The second kappa shape index (κ2) is 9.72. The highest BCUT2D eigenvalue weighted by atomic mass is 19.3. The number of anilines is 1. The summed E-state index contributed by atoms with van der Waals surface area (Å²) < 4.78 is 47.5. The Morgan fingerprint density at radius 2 is 2.03 bits per heavy atom. The van der Waals surface area contributed by atoms with E-state index in [-0.39, 0.29) is 17.5 Å². The first kappa shape index (κ1) is 26.2. The fourth-order valence-electron chi connectivity index (χ4n) is 5.83. The monoisotopic (exact) mass is 528 g/mol. The number of hydrogen-bond donors (Lipinski definition) is 2. The van der Waals surface area contributed by atoms with Crippen molar-refractivity contribution in [2.24, 2.45) is 0 Å². The maximum Gasteiger partial charge on any atom is 0.266 e. The number of ether oxygens (including phenoxy) is 1. The molecule has 0 saturated carbocycles. The number of aryl methyl sites for hydroxylation is 1. The van der Waals surface area contributed by atoms with Crippen LogP contribution in [-0.2, 0) is 16.8 Å². The molecule has 0 radical (unpaired) electrons. The number of aliphatic hydroxyl groups is 1. The molecule has 0 aliphatic carbocycles. The lowest BCUT2D eigenvalue weighted by molar-refractivity contribution is -0.137. The number of likely N-dealkylation sites (tertiary alicyclic amines) is 1. The average molecular weight is 529 g/mol. The number of aromatic nitrogens is 2. The van der Waals surface area contributed by atoms with E-state index in [9.17, 15) is 23.1 Å². The molecule has 2 N–H and O–H groups in total. The predicted octanol–water partition coefficient (Wildman–Crippen LogP) is 5.34. The third-order valence-electron chi connectivity index (χ3n) is 7.70. The van der Waals surface area contributed by atoms with Crippen molar-refractivity contribution in [3.05, 3.63) is 58.2 Å². The molecule has 10 heteroatoms. The number of carbonyl (C=O) groups is 1. The largest absolute Gasteiger partial charge is 0.492 e. The van der Waals surface area contributed by atoms with Crippen LogP contribution in [0.4, 0.5) is 19.0 Å². The summed E-state index contributed by atoms with van der Waals surface area (Å²) in [5, 5.41) is 15.7. The second-order valence-electron chi connectivity index (χ2n) is 10.3. The number of benzene rings is 2. The molecule has 5 rings (SSSR count). The number of carbonyl (C=O) groups excluding carboxylic acids is 1. The van der Waals surface area contributed by atoms with E-state index in [0.717, 1.165) is 11.6 Å². The van der Waals surface area contributed by atoms with E-state index < -0.39 is 29.4 Å². The maximum absolute atomic E-state index is 14.9. The van der Waals surface area contributed by atoms with Gasteiger partial charge in [-0.15, -0.1) is 0 Å². The smallest absolute Gasteiger partial charge is 0.266 e. The van der Waals surface area contributed by atoms with Gasteiger partial charge in [-0.1, -0.05) is 18.2 Å². The number of rotatable bonds is 5. The third-order valence-corrected chi connectivity index (χ3v) is 7.70. The minimum atomic E-state index is -2.92. The van der Waals surface area contributed by atoms with E-state index in [2.05, 4.69) is 15.3 Å². The Morgan fingerprint density at radius 1 is 1.29 bits per heavy atom. The Bertz CT molecular complexity index is 1420. The van der Waals surface area contributed by atoms with Crippen LogP contribution in [0.3, 0.4) is 0 Å². The van der Waals surface area contributed by atoms with Gasteiger partial charge in [-0.25, -0.2) is 23.1 Å². The second-order valence-corrected chi connectivity index (χ2v) is 10.3. The van der Waals surface area contributed by atoms with Crippen LogP contribution in [0.1, 0.15) is 74.2 Å². The zero-order valence-electron chi connectivity index (χ0n) is 21.8. The molecule has 202 valence electrons. The third kappa shape index (κ3) is 4.44. The van der Waals surface area contributed by atoms with Crippen molar-refractivity contribution in [2.45, 2.75) is 71.1 Å². The van der Waals surface area contributed by atoms with E-state index in [4.69, 9.17) is 4.74 Å². The van der Waals surface area contributed by atoms with Gasteiger partial charge in [0.1, 0.15) is 23.2 Å². The first-order valence-corrected chi connectivity index (χ1v) is 12.8. The topological polar surface area (TPSA) is 87.6 Å². The Hall–Kier alpha value is -3.40. The Balaban J connectivity index is 1.60. The SMILES string of the molecule is CC(=O)N1CC[C@@](O)(c2cc3c(N[C@H](C)c4cccc(C(F)F)c4F)nc(C)nc3c3c2OCC3)C[C@@H]1C. The average Bonchev–Trinajstić information content (AvgIpc) is 3.33. The van der Waals surface area contributed by atoms with Crippen LogP contribution < -0.4 is 10.1 Å². The molecule has 1 amide bonds. The lowest BCUT2D eigenvalue weighted by atomic mass is 9.79. The Labute approximate surface area is 219 Å². The number of halogens is 3. The molecule has 0 unspecified atom stereocenters. The molecule has 2 aliphatic heterocycles. The normalized spacial score (nSPS) is 21.9. The highest BCUT2D eigenvalue weighted by Crippen LogP contribution is 2.47. The molecule has 0 spiro atoms. The Morgan fingerprint density at radius 3 is 2.71 bits per heavy atom. The number of fused-ring (bicyclic) bond motifs is 3. The number of alkyl halides is 2. The zero-order valence-corrected chi connectivity index (χ0v) is 21.8. The molecular weight excluding hydrogens is 497 g/mol. The van der Waals surface area contributed by atoms with Crippen molar-refractivity contribution in [1.29, 1.82) is 0 Å². The van der Waals surface area contributed by atoms with Crippen molar-refractivity contribution in [2.75, 3.05) is 18.5 Å². The molecule has 7 nitrogen and oxygen atoms in total. The summed E-state index contributed by atoms with van der Waals surface area (Å²) in [5.41, 5.74) is 0.357. The Kier molecular flexibility index (Phi) is 6.71. The minimum Gasteiger partial charge on any atom is -0.492 e. The van der Waals surface area contributed by atoms with Crippen LogP contribution in [0.25, 0.3) is 10.9 Å². The van der Waals surface area contributed by atoms with Gasteiger partial charge in [-0.2, -0.15) is 0 Å². The molecule has 1 fully saturated rings. The van der Waals surface area contributed by atoms with Gasteiger partial charge in [0.2, 0.25) is 5.91 Å². The van der Waals surface area contributed by atoms with Crippen molar-refractivity contribution in [3.8, 4) is 5.75 Å². The van der Waals surface area contributed by atoms with E-state index in [0.29, 0.717) is 66.3 Å². The fraction of sp³-hybridized carbons (Fsp3) is 0.464. The highest BCUT2D eigenvalue weighted by Gasteiger charge is 2.42. The first-order valence-electron chi connectivity index (χ1n) is 12.8. The molecule has 3 atom stereocenters. The number of amides is 1. The van der Waals surface area contributed by atoms with Gasteiger partial charge in [0.25, 0.3) is 6.43 Å². The summed E-state index contributed by atoms with van der Waals surface area (Å²) in [6.07, 6.45) is -1.64. The van der Waals surface area contributed by atoms with Crippen molar-refractivity contribution < 1.29 is 27.8 Å². The van der Waals surface area contributed by atoms with E-state index in [1.54, 1.807) is 18.7 Å². The van der Waals surface area contributed by atoms with Crippen LogP contribution in [0.5, 0.6) is 5.75 Å². The van der Waals surface area contributed by atoms with Gasteiger partial charge >= 0.3 is 0 Å². The van der Waals surface area contributed by atoms with Crippen LogP contribution in [-0.4, -0.2) is 45.1 Å². The van der Waals surface area contributed by atoms with Crippen LogP contribution in [0.15, 0.2) is 24.3 Å². The molecule has 2 aliphatic rings. The lowest BCUT2D eigenvalue weighted by Crippen LogP contribution is -2.49. The van der Waals surface area contributed by atoms with Crippen LogP contribution in [0, 0.1) is 12.7 Å². The van der Waals surface area contributed by atoms with Crippen molar-refractivity contribution in [1.82, 2.24) is 14.9 Å². The standard InChI is InChI=1S/C28H31F3N4O3/c1-14-13-28(37,9-10-35(14)17(4)36)22-12-21-24(20-8-11-38-25(20)22)33-16(3)34-27(21)32-15(2)18-6-5-7-19(23(18)29)26(30)31/h5-7,12,14-15,26,37H,8-11,13H2,1-4H3,(H,32,33,34)/t14-,15+,28-/m0/s1. The van der Waals surface area contributed by atoms with Gasteiger partial charge in [0.15, 0.2) is 0 Å². The molecule has 1 saturated heterocycles. The predicted molar refractivity (Wildman–Crippen MR) is 137 cm³/mol. The molecule has 3 heterocycles. The van der Waals surface area contributed by atoms with Gasteiger partial charge < -0.3 is 20.1 Å². The summed E-state index contributed by atoms with van der Waals surface area (Å²) in [5.74, 6) is 0.518. The number of hydrogen-bond acceptors (Lipinski definition) is 6. The minimum absolute atomic E-state index is 0.0352. The summed E-state index contributed by atoms with van der Waals surface area (Å²) >= 11 is 0. The van der Waals surface area contributed by atoms with Gasteiger partial charge in [-0.3, -0.25) is 4.79 Å². The number of nitrogens with one attached hydrogen (secondary N) is 1. The highest BCUT2D eigenvalue weighted by molar-refractivity contribution is 5.94. The summed E-state index contributed by atoms with van der Waals surface area (Å²) in [6, 6.07) is 4.93. The van der Waals surface area contributed by atoms with Crippen molar-refractivity contribution >= 4 is 22.6 Å². The van der Waals surface area contributed by atoms with E-state index in [1.165, 1.54) is 19.1 Å². The van der Waals surface area contributed by atoms with E-state index in [1.807, 2.05) is 13.0 Å². The molecule has 0 bridgehead atoms. The summed E-state index contributed by atoms with van der Waals surface area (Å²) in [7, 11) is 0. The molecule has 2 aromatic carbocycles. The molecular formula is C28H31F3N4O3. The molecule has 1 aromatic heterocycles. The van der Waals surface area contributed by atoms with Crippen LogP contribution >= 0.6 is 0 Å². The van der Waals surface area contributed by atoms with Gasteiger partial charge in [0, 0.05) is 54.4 Å². The summed E-state index contributed by atoms with van der Waals surface area (Å²) in [6.45, 7) is 7.72. The quantitative estimate of drug-likeness (QED) is 0.465. The fourth-order valence-corrected chi connectivity index (χ4v) is 5.83. The van der Waals surface area contributed by atoms with Crippen LogP contribution in [0.2, 0.25) is 0 Å². The number of piperidine rings is 1. The lowest BCUT2D eigenvalue weighted by Gasteiger charge is -2.43. The maximum atomic E-state index is 14.9. The molecule has 38 heavy (non-hydrogen) atoms. The first-order chi connectivity index (χ1) is 18.0. The zero-order chi connectivity index (χ0) is 27.4. The van der Waals surface area contributed by atoms with Crippen molar-refractivity contribution in [3.63, 3.8) is 0 Å². The van der Waals surface area contributed by atoms with Gasteiger partial charge in [-0.05, 0) is 33.3 Å². The van der Waals surface area contributed by atoms with E-state index >= 15 is 0 Å².